The molecule has 0 saturated carbocycles. The number of hydrazine groups is 1. The van der Waals surface area contributed by atoms with Crippen molar-refractivity contribution in [1.29, 1.82) is 0 Å². The smallest absolute Gasteiger partial charge is 0.150 e. The third-order valence-corrected chi connectivity index (χ3v) is 3.32. The lowest BCUT2D eigenvalue weighted by Crippen LogP contribution is -2.15. The van der Waals surface area contributed by atoms with Gasteiger partial charge in [-0.25, -0.2) is 9.67 Å². The highest BCUT2D eigenvalue weighted by molar-refractivity contribution is 6.31. The number of halogens is 1. The fraction of sp³-hybridized carbons (Fsp3) is 0.0833. The number of nitrogens with one attached hydrogen (secondary N) is 1. The summed E-state index contributed by atoms with van der Waals surface area (Å²) in [6.07, 6.45) is 0. The monoisotopic (exact) mass is 304 g/mol. The average molecular weight is 305 g/mol. The van der Waals surface area contributed by atoms with Gasteiger partial charge in [-0.3, -0.25) is 5.84 Å². The van der Waals surface area contributed by atoms with E-state index in [2.05, 4.69) is 20.7 Å². The quantitative estimate of drug-likeness (QED) is 0.418. The van der Waals surface area contributed by atoms with Crippen LogP contribution in [0.2, 0.25) is 5.02 Å². The Kier molecular flexibility index (Phi) is 3.24. The molecule has 1 aromatic carbocycles. The van der Waals surface area contributed by atoms with Crippen molar-refractivity contribution in [2.45, 2.75) is 6.54 Å². The first-order valence-electron chi connectivity index (χ1n) is 6.08. The van der Waals surface area contributed by atoms with Crippen molar-refractivity contribution in [3.63, 3.8) is 0 Å². The minimum atomic E-state index is 0.231. The van der Waals surface area contributed by atoms with Crippen LogP contribution in [-0.4, -0.2) is 20.0 Å². The standard InChI is InChI=1S/C12H13ClN8/c13-7-1-2-8-9(4-7)21(20-19-8)5-6-3-10(14)17-12(15)11(6)18-16/h1-4,18H,5,16H2,(H4,14,15,17). The van der Waals surface area contributed by atoms with Gasteiger partial charge in [0.2, 0.25) is 0 Å². The van der Waals surface area contributed by atoms with Crippen LogP contribution in [0.25, 0.3) is 11.0 Å². The van der Waals surface area contributed by atoms with E-state index in [1.807, 2.05) is 0 Å². The maximum Gasteiger partial charge on any atom is 0.150 e. The molecule has 0 saturated heterocycles. The summed E-state index contributed by atoms with van der Waals surface area (Å²) in [7, 11) is 0. The predicted molar refractivity (Wildman–Crippen MR) is 82.5 cm³/mol. The molecule has 0 radical (unpaired) electrons. The Morgan fingerprint density at radius 1 is 1.24 bits per heavy atom. The molecular formula is C12H13ClN8. The van der Waals surface area contributed by atoms with E-state index in [1.54, 1.807) is 28.9 Å². The normalized spacial score (nSPS) is 11.0. The van der Waals surface area contributed by atoms with E-state index in [9.17, 15) is 0 Å². The molecule has 0 aliphatic rings. The first-order chi connectivity index (χ1) is 10.1. The molecule has 2 heterocycles. The molecule has 7 N–H and O–H groups in total. The maximum atomic E-state index is 6.01. The summed E-state index contributed by atoms with van der Waals surface area (Å²) in [5, 5.41) is 8.79. The van der Waals surface area contributed by atoms with Crippen molar-refractivity contribution in [1.82, 2.24) is 20.0 Å². The van der Waals surface area contributed by atoms with Crippen molar-refractivity contribution in [2.24, 2.45) is 5.84 Å². The Hall–Kier alpha value is -2.58. The molecule has 0 spiro atoms. The van der Waals surface area contributed by atoms with E-state index in [4.69, 9.17) is 28.9 Å². The molecule has 3 aromatic rings. The van der Waals surface area contributed by atoms with Crippen LogP contribution in [0.3, 0.4) is 0 Å². The molecule has 0 amide bonds. The second-order valence-electron chi connectivity index (χ2n) is 4.49. The second-order valence-corrected chi connectivity index (χ2v) is 4.93. The van der Waals surface area contributed by atoms with Gasteiger partial charge in [0.15, 0.2) is 5.82 Å². The fourth-order valence-electron chi connectivity index (χ4n) is 2.15. The van der Waals surface area contributed by atoms with Gasteiger partial charge < -0.3 is 16.9 Å². The minimum absolute atomic E-state index is 0.231. The first-order valence-corrected chi connectivity index (χ1v) is 6.46. The first kappa shape index (κ1) is 13.4. The molecule has 3 rings (SSSR count). The second kappa shape index (κ2) is 5.08. The van der Waals surface area contributed by atoms with Crippen molar-refractivity contribution in [3.8, 4) is 0 Å². The van der Waals surface area contributed by atoms with Crippen molar-refractivity contribution in [3.05, 3.63) is 34.9 Å². The van der Waals surface area contributed by atoms with Gasteiger partial charge in [-0.2, -0.15) is 0 Å². The summed E-state index contributed by atoms with van der Waals surface area (Å²) in [6, 6.07) is 7.04. The van der Waals surface area contributed by atoms with Crippen LogP contribution in [0, 0.1) is 0 Å². The zero-order valence-corrected chi connectivity index (χ0v) is 11.7. The van der Waals surface area contributed by atoms with Crippen molar-refractivity contribution < 1.29 is 0 Å². The number of fused-ring (bicyclic) bond motifs is 1. The van der Waals surface area contributed by atoms with E-state index >= 15 is 0 Å². The number of nitrogens with two attached hydrogens (primary N) is 3. The molecule has 0 unspecified atom stereocenters. The summed E-state index contributed by atoms with van der Waals surface area (Å²) in [5.74, 6) is 6.03. The van der Waals surface area contributed by atoms with Gasteiger partial charge >= 0.3 is 0 Å². The SMILES string of the molecule is NNc1c(Cn2nnc3ccc(Cl)cc32)cc(N)nc1N. The number of hydrogen-bond acceptors (Lipinski definition) is 7. The topological polar surface area (TPSA) is 134 Å². The molecule has 0 aliphatic heterocycles. The summed E-state index contributed by atoms with van der Waals surface area (Å²) in [4.78, 5) is 3.96. The predicted octanol–water partition coefficient (Wildman–Crippen LogP) is 0.978. The fourth-order valence-corrected chi connectivity index (χ4v) is 2.32. The van der Waals surface area contributed by atoms with Crippen LogP contribution >= 0.6 is 11.6 Å². The lowest BCUT2D eigenvalue weighted by Gasteiger charge is -2.12. The summed E-state index contributed by atoms with van der Waals surface area (Å²) < 4.78 is 1.69. The van der Waals surface area contributed by atoms with Gasteiger partial charge in [0.1, 0.15) is 11.3 Å². The number of hydrogen-bond donors (Lipinski definition) is 4. The number of anilines is 3. The van der Waals surface area contributed by atoms with Gasteiger partial charge in [0, 0.05) is 10.6 Å². The molecule has 0 fully saturated rings. The highest BCUT2D eigenvalue weighted by Gasteiger charge is 2.12. The summed E-state index contributed by atoms with van der Waals surface area (Å²) in [5.41, 5.74) is 16.9. The van der Waals surface area contributed by atoms with Crippen LogP contribution < -0.4 is 22.7 Å². The Bertz CT molecular complexity index is 812. The van der Waals surface area contributed by atoms with Crippen molar-refractivity contribution >= 4 is 40.0 Å². The van der Waals surface area contributed by atoms with Crippen molar-refractivity contribution in [2.75, 3.05) is 16.9 Å². The van der Waals surface area contributed by atoms with Gasteiger partial charge in [-0.1, -0.05) is 16.8 Å². The highest BCUT2D eigenvalue weighted by Crippen LogP contribution is 2.25. The Morgan fingerprint density at radius 2 is 2.05 bits per heavy atom. The number of aromatic nitrogens is 4. The lowest BCUT2D eigenvalue weighted by atomic mass is 10.2. The number of nitrogens with zero attached hydrogens (tertiary/aromatic N) is 4. The highest BCUT2D eigenvalue weighted by atomic mass is 35.5. The Labute approximate surface area is 124 Å². The molecular weight excluding hydrogens is 292 g/mol. The zero-order chi connectivity index (χ0) is 15.0. The molecule has 0 aliphatic carbocycles. The number of nitrogen functional groups attached to an aromatic ring is 3. The van der Waals surface area contributed by atoms with Crippen LogP contribution in [0.1, 0.15) is 5.56 Å². The number of benzene rings is 1. The Morgan fingerprint density at radius 3 is 2.81 bits per heavy atom. The number of pyridine rings is 1. The van der Waals surface area contributed by atoms with Gasteiger partial charge in [-0.15, -0.1) is 5.10 Å². The summed E-state index contributed by atoms with van der Waals surface area (Å²) >= 11 is 6.01. The van der Waals surface area contributed by atoms with Crippen LogP contribution in [0.15, 0.2) is 24.3 Å². The lowest BCUT2D eigenvalue weighted by molar-refractivity contribution is 0.670. The third kappa shape index (κ3) is 2.41. The molecule has 21 heavy (non-hydrogen) atoms. The van der Waals surface area contributed by atoms with E-state index in [0.29, 0.717) is 23.1 Å². The largest absolute Gasteiger partial charge is 0.384 e. The van der Waals surface area contributed by atoms with Gasteiger partial charge in [-0.05, 0) is 24.3 Å². The number of rotatable bonds is 3. The van der Waals surface area contributed by atoms with E-state index < -0.39 is 0 Å². The van der Waals surface area contributed by atoms with E-state index in [-0.39, 0.29) is 5.82 Å². The van der Waals surface area contributed by atoms with Gasteiger partial charge in [0.05, 0.1) is 17.7 Å². The molecule has 0 bridgehead atoms. The zero-order valence-electron chi connectivity index (χ0n) is 10.9. The van der Waals surface area contributed by atoms with Crippen LogP contribution in [0.5, 0.6) is 0 Å². The van der Waals surface area contributed by atoms with E-state index in [1.165, 1.54) is 0 Å². The summed E-state index contributed by atoms with van der Waals surface area (Å²) in [6.45, 7) is 0.382. The Balaban J connectivity index is 2.08. The van der Waals surface area contributed by atoms with Gasteiger partial charge in [0.25, 0.3) is 0 Å². The van der Waals surface area contributed by atoms with E-state index in [0.717, 1.165) is 16.6 Å². The molecule has 0 atom stereocenters. The molecule has 108 valence electrons. The molecule has 2 aromatic heterocycles. The maximum absolute atomic E-state index is 6.01. The average Bonchev–Trinajstić information content (AvgIpc) is 2.81. The molecule has 9 heteroatoms. The van der Waals surface area contributed by atoms with Crippen LogP contribution in [-0.2, 0) is 6.54 Å². The van der Waals surface area contributed by atoms with Crippen LogP contribution in [0.4, 0.5) is 17.3 Å². The molecule has 8 nitrogen and oxygen atoms in total. The minimum Gasteiger partial charge on any atom is -0.384 e. The third-order valence-electron chi connectivity index (χ3n) is 3.09.